The Kier molecular flexibility index (Phi) is 3.82. The highest BCUT2D eigenvalue weighted by molar-refractivity contribution is 6.33. The third-order valence-corrected chi connectivity index (χ3v) is 4.09. The van der Waals surface area contributed by atoms with Gasteiger partial charge in [0.25, 0.3) is 5.89 Å². The number of hydrogen-bond donors (Lipinski definition) is 1. The lowest BCUT2D eigenvalue weighted by atomic mass is 10.1. The molecule has 3 aromatic heterocycles. The van der Waals surface area contributed by atoms with E-state index in [1.54, 1.807) is 13.1 Å². The van der Waals surface area contributed by atoms with Crippen molar-refractivity contribution in [3.05, 3.63) is 59.1 Å². The number of para-hydroxylation sites is 1. The van der Waals surface area contributed by atoms with Crippen molar-refractivity contribution in [3.63, 3.8) is 0 Å². The zero-order chi connectivity index (χ0) is 17.4. The summed E-state index contributed by atoms with van der Waals surface area (Å²) in [5.41, 5.74) is 3.77. The van der Waals surface area contributed by atoms with Gasteiger partial charge in [0.2, 0.25) is 0 Å². The normalized spacial score (nSPS) is 11.0. The third kappa shape index (κ3) is 2.92. The average Bonchev–Trinajstić information content (AvgIpc) is 3.03. The van der Waals surface area contributed by atoms with Crippen molar-refractivity contribution in [3.8, 4) is 11.5 Å². The summed E-state index contributed by atoms with van der Waals surface area (Å²) >= 11 is 6.31. The number of nitrogens with zero attached hydrogens (tertiary/aromatic N) is 4. The minimum atomic E-state index is 0.391. The van der Waals surface area contributed by atoms with Crippen molar-refractivity contribution in [2.45, 2.75) is 13.8 Å². The third-order valence-electron chi connectivity index (χ3n) is 3.76. The number of rotatable bonds is 3. The van der Waals surface area contributed by atoms with Crippen LogP contribution in [0.15, 0.2) is 47.1 Å². The number of benzene rings is 1. The molecule has 6 nitrogen and oxygen atoms in total. The second kappa shape index (κ2) is 6.14. The standard InChI is InChI=1S/C18H14ClN5O/c1-10-7-8-12-16(23-15-6-4-3-5-14(15)19)13(9-20-17(12)21-10)18-22-11(2)24-25-18/h3-9H,1-2H3,(H,20,21,23). The van der Waals surface area contributed by atoms with Gasteiger partial charge in [-0.2, -0.15) is 4.98 Å². The van der Waals surface area contributed by atoms with Crippen LogP contribution in [0.25, 0.3) is 22.5 Å². The number of nitrogens with one attached hydrogen (secondary N) is 1. The summed E-state index contributed by atoms with van der Waals surface area (Å²) in [6.07, 6.45) is 1.68. The van der Waals surface area contributed by atoms with Crippen LogP contribution in [-0.4, -0.2) is 20.1 Å². The van der Waals surface area contributed by atoms with Crippen molar-refractivity contribution in [2.24, 2.45) is 0 Å². The number of hydrogen-bond acceptors (Lipinski definition) is 6. The van der Waals surface area contributed by atoms with Gasteiger partial charge in [0.05, 0.1) is 22.0 Å². The van der Waals surface area contributed by atoms with E-state index in [1.807, 2.05) is 43.3 Å². The fourth-order valence-electron chi connectivity index (χ4n) is 2.57. The smallest absolute Gasteiger partial charge is 0.261 e. The molecule has 0 spiro atoms. The minimum Gasteiger partial charge on any atom is -0.353 e. The highest BCUT2D eigenvalue weighted by atomic mass is 35.5. The van der Waals surface area contributed by atoms with E-state index in [2.05, 4.69) is 25.4 Å². The fraction of sp³-hybridized carbons (Fsp3) is 0.111. The van der Waals surface area contributed by atoms with Crippen LogP contribution in [0, 0.1) is 13.8 Å². The van der Waals surface area contributed by atoms with Crippen LogP contribution in [0.1, 0.15) is 11.5 Å². The Morgan fingerprint density at radius 2 is 1.88 bits per heavy atom. The van der Waals surface area contributed by atoms with Crippen molar-refractivity contribution in [1.29, 1.82) is 0 Å². The highest BCUT2D eigenvalue weighted by Gasteiger charge is 2.17. The second-order valence-corrected chi connectivity index (χ2v) is 6.03. The molecular weight excluding hydrogens is 338 g/mol. The molecule has 4 aromatic rings. The Labute approximate surface area is 148 Å². The molecule has 0 saturated carbocycles. The zero-order valence-corrected chi connectivity index (χ0v) is 14.4. The molecule has 1 aromatic carbocycles. The van der Waals surface area contributed by atoms with Gasteiger partial charge in [-0.25, -0.2) is 9.97 Å². The van der Waals surface area contributed by atoms with E-state index in [1.165, 1.54) is 0 Å². The van der Waals surface area contributed by atoms with Gasteiger partial charge in [0.15, 0.2) is 11.5 Å². The van der Waals surface area contributed by atoms with E-state index in [4.69, 9.17) is 16.1 Å². The van der Waals surface area contributed by atoms with Crippen LogP contribution < -0.4 is 5.32 Å². The first-order valence-corrected chi connectivity index (χ1v) is 8.08. The molecule has 7 heteroatoms. The first-order valence-electron chi connectivity index (χ1n) is 7.70. The predicted molar refractivity (Wildman–Crippen MR) is 97.0 cm³/mol. The summed E-state index contributed by atoms with van der Waals surface area (Å²) in [6.45, 7) is 3.70. The highest BCUT2D eigenvalue weighted by Crippen LogP contribution is 2.36. The van der Waals surface area contributed by atoms with E-state index in [-0.39, 0.29) is 0 Å². The van der Waals surface area contributed by atoms with Gasteiger partial charge in [-0.15, -0.1) is 0 Å². The molecule has 0 radical (unpaired) electrons. The summed E-state index contributed by atoms with van der Waals surface area (Å²) in [5, 5.41) is 8.70. The van der Waals surface area contributed by atoms with Crippen molar-refractivity contribution in [1.82, 2.24) is 20.1 Å². The molecule has 0 aliphatic rings. The molecule has 0 atom stereocenters. The molecule has 25 heavy (non-hydrogen) atoms. The minimum absolute atomic E-state index is 0.391. The summed E-state index contributed by atoms with van der Waals surface area (Å²) in [5.74, 6) is 0.947. The number of halogens is 1. The van der Waals surface area contributed by atoms with Crippen molar-refractivity contribution < 1.29 is 4.52 Å². The lowest BCUT2D eigenvalue weighted by Crippen LogP contribution is -1.99. The largest absolute Gasteiger partial charge is 0.353 e. The number of fused-ring (bicyclic) bond motifs is 1. The van der Waals surface area contributed by atoms with Gasteiger partial charge >= 0.3 is 0 Å². The van der Waals surface area contributed by atoms with Crippen LogP contribution in [0.3, 0.4) is 0 Å². The Balaban J connectivity index is 1.95. The first-order chi connectivity index (χ1) is 12.1. The lowest BCUT2D eigenvalue weighted by molar-refractivity contribution is 0.425. The molecule has 1 N–H and O–H groups in total. The van der Waals surface area contributed by atoms with E-state index < -0.39 is 0 Å². The maximum atomic E-state index is 6.31. The molecule has 0 saturated heterocycles. The molecule has 0 fully saturated rings. The molecule has 3 heterocycles. The molecule has 0 amide bonds. The Hall–Kier alpha value is -2.99. The van der Waals surface area contributed by atoms with Crippen LogP contribution in [-0.2, 0) is 0 Å². The van der Waals surface area contributed by atoms with Crippen LogP contribution in [0.4, 0.5) is 11.4 Å². The van der Waals surface area contributed by atoms with E-state index >= 15 is 0 Å². The van der Waals surface area contributed by atoms with E-state index in [0.717, 1.165) is 22.5 Å². The Morgan fingerprint density at radius 1 is 1.04 bits per heavy atom. The SMILES string of the molecule is Cc1ccc2c(Nc3ccccc3Cl)c(-c3nc(C)no3)cnc2n1. The van der Waals surface area contributed by atoms with Gasteiger partial charge in [0, 0.05) is 17.3 Å². The summed E-state index contributed by atoms with van der Waals surface area (Å²) < 4.78 is 5.34. The molecule has 0 aliphatic carbocycles. The molecule has 124 valence electrons. The Bertz CT molecular complexity index is 1080. The monoisotopic (exact) mass is 351 g/mol. The first kappa shape index (κ1) is 15.5. The van der Waals surface area contributed by atoms with Crippen molar-refractivity contribution >= 4 is 34.0 Å². The predicted octanol–water partition coefficient (Wildman–Crippen LogP) is 4.69. The van der Waals surface area contributed by atoms with Crippen molar-refractivity contribution in [2.75, 3.05) is 5.32 Å². The van der Waals surface area contributed by atoms with Gasteiger partial charge in [-0.3, -0.25) is 0 Å². The topological polar surface area (TPSA) is 76.7 Å². The summed E-state index contributed by atoms with van der Waals surface area (Å²) in [6, 6.07) is 11.4. The maximum absolute atomic E-state index is 6.31. The molecule has 0 aliphatic heterocycles. The average molecular weight is 352 g/mol. The maximum Gasteiger partial charge on any atom is 0.261 e. The molecule has 0 bridgehead atoms. The molecular formula is C18H14ClN5O. The second-order valence-electron chi connectivity index (χ2n) is 5.62. The van der Waals surface area contributed by atoms with Crippen LogP contribution in [0.2, 0.25) is 5.02 Å². The zero-order valence-electron chi connectivity index (χ0n) is 13.6. The lowest BCUT2D eigenvalue weighted by Gasteiger charge is -2.13. The van der Waals surface area contributed by atoms with Gasteiger partial charge in [0.1, 0.15) is 0 Å². The van der Waals surface area contributed by atoms with Crippen LogP contribution >= 0.6 is 11.6 Å². The molecule has 4 rings (SSSR count). The number of aromatic nitrogens is 4. The molecule has 0 unspecified atom stereocenters. The van der Waals surface area contributed by atoms with Gasteiger partial charge in [-0.05, 0) is 38.1 Å². The number of pyridine rings is 2. The fourth-order valence-corrected chi connectivity index (χ4v) is 2.76. The Morgan fingerprint density at radius 3 is 2.64 bits per heavy atom. The van der Waals surface area contributed by atoms with Crippen LogP contribution in [0.5, 0.6) is 0 Å². The summed E-state index contributed by atoms with van der Waals surface area (Å²) in [7, 11) is 0. The van der Waals surface area contributed by atoms with E-state index in [9.17, 15) is 0 Å². The van der Waals surface area contributed by atoms with Gasteiger partial charge < -0.3 is 9.84 Å². The number of aryl methyl sites for hydroxylation is 2. The number of anilines is 2. The van der Waals surface area contributed by atoms with E-state index in [0.29, 0.717) is 27.9 Å². The summed E-state index contributed by atoms with van der Waals surface area (Å²) in [4.78, 5) is 13.2. The quantitative estimate of drug-likeness (QED) is 0.576. The van der Waals surface area contributed by atoms with Gasteiger partial charge in [-0.1, -0.05) is 28.9 Å².